The zero-order valence-electron chi connectivity index (χ0n) is 15.1. The predicted molar refractivity (Wildman–Crippen MR) is 90.0 cm³/mol. The summed E-state index contributed by atoms with van der Waals surface area (Å²) in [6.45, 7) is 12.1. The van der Waals surface area contributed by atoms with Crippen molar-refractivity contribution in [1.82, 2.24) is 10.2 Å². The quantitative estimate of drug-likeness (QED) is 0.840. The van der Waals surface area contributed by atoms with E-state index in [4.69, 9.17) is 4.74 Å². The Bertz CT molecular complexity index is 387. The van der Waals surface area contributed by atoms with E-state index in [1.54, 1.807) is 0 Å². The van der Waals surface area contributed by atoms with E-state index in [-0.39, 0.29) is 6.09 Å². The van der Waals surface area contributed by atoms with Crippen LogP contribution in [0.25, 0.3) is 0 Å². The highest BCUT2D eigenvalue weighted by molar-refractivity contribution is 5.68. The van der Waals surface area contributed by atoms with Crippen LogP contribution in [0.1, 0.15) is 73.1 Å². The van der Waals surface area contributed by atoms with Gasteiger partial charge in [-0.1, -0.05) is 13.8 Å². The Hall–Kier alpha value is -0.770. The van der Waals surface area contributed by atoms with E-state index in [2.05, 4.69) is 19.2 Å². The highest BCUT2D eigenvalue weighted by Gasteiger charge is 2.32. The molecule has 1 N–H and O–H groups in total. The molecule has 2 fully saturated rings. The highest BCUT2D eigenvalue weighted by atomic mass is 16.6. The molecule has 1 saturated carbocycles. The first-order chi connectivity index (χ1) is 10.1. The number of carbonyl (C=O) groups is 1. The second-order valence-corrected chi connectivity index (χ2v) is 8.87. The van der Waals surface area contributed by atoms with Crippen LogP contribution in [0.3, 0.4) is 0 Å². The molecule has 22 heavy (non-hydrogen) atoms. The third-order valence-electron chi connectivity index (χ3n) is 4.82. The molecule has 128 valence electrons. The molecule has 1 aliphatic carbocycles. The fraction of sp³-hybridized carbons (Fsp3) is 0.944. The molecule has 2 atom stereocenters. The molecule has 1 aliphatic heterocycles. The summed E-state index contributed by atoms with van der Waals surface area (Å²) in [4.78, 5) is 14.1. The third kappa shape index (κ3) is 5.45. The van der Waals surface area contributed by atoms with Crippen LogP contribution in [0, 0.1) is 5.41 Å². The maximum atomic E-state index is 12.2. The first-order valence-corrected chi connectivity index (χ1v) is 8.89. The maximum Gasteiger partial charge on any atom is 0.410 e. The van der Waals surface area contributed by atoms with Crippen LogP contribution in [-0.4, -0.2) is 41.8 Å². The predicted octanol–water partition coefficient (Wildman–Crippen LogP) is 3.94. The second kappa shape index (κ2) is 6.77. The fourth-order valence-electron chi connectivity index (χ4n) is 3.68. The first-order valence-electron chi connectivity index (χ1n) is 8.89. The molecule has 2 unspecified atom stereocenters. The van der Waals surface area contributed by atoms with Crippen molar-refractivity contribution in [1.29, 1.82) is 0 Å². The SMILES string of the molecule is CC1(C)CCC(NC2CCCN(C(=O)OC(C)(C)C)CC2)C1. The van der Waals surface area contributed by atoms with E-state index in [0.717, 1.165) is 32.4 Å². The fourth-order valence-corrected chi connectivity index (χ4v) is 3.68. The summed E-state index contributed by atoms with van der Waals surface area (Å²) >= 11 is 0. The van der Waals surface area contributed by atoms with Gasteiger partial charge in [0, 0.05) is 25.2 Å². The number of amides is 1. The van der Waals surface area contributed by atoms with E-state index in [1.165, 1.54) is 19.3 Å². The molecule has 4 heteroatoms. The van der Waals surface area contributed by atoms with Crippen LogP contribution in [0.15, 0.2) is 0 Å². The van der Waals surface area contributed by atoms with Crippen LogP contribution < -0.4 is 5.32 Å². The standard InChI is InChI=1S/C18H34N2O2/c1-17(2,3)22-16(21)20-11-6-7-14(9-12-20)19-15-8-10-18(4,5)13-15/h14-15,19H,6-13H2,1-5H3. The number of nitrogens with zero attached hydrogens (tertiary/aromatic N) is 1. The van der Waals surface area contributed by atoms with Gasteiger partial charge in [-0.25, -0.2) is 4.79 Å². The molecule has 1 amide bonds. The Kier molecular flexibility index (Phi) is 5.41. The molecule has 2 rings (SSSR count). The maximum absolute atomic E-state index is 12.2. The first kappa shape index (κ1) is 17.6. The van der Waals surface area contributed by atoms with Gasteiger partial charge in [0.15, 0.2) is 0 Å². The Balaban J connectivity index is 1.79. The van der Waals surface area contributed by atoms with Gasteiger partial charge in [-0.2, -0.15) is 0 Å². The molecule has 1 heterocycles. The number of hydrogen-bond acceptors (Lipinski definition) is 3. The molecule has 2 aliphatic rings. The van der Waals surface area contributed by atoms with Gasteiger partial charge in [-0.3, -0.25) is 0 Å². The number of rotatable bonds is 2. The van der Waals surface area contributed by atoms with Crippen LogP contribution in [0.4, 0.5) is 4.79 Å². The van der Waals surface area contributed by atoms with Crippen molar-refractivity contribution < 1.29 is 9.53 Å². The topological polar surface area (TPSA) is 41.6 Å². The number of nitrogens with one attached hydrogen (secondary N) is 1. The van der Waals surface area contributed by atoms with Gasteiger partial charge >= 0.3 is 6.09 Å². The summed E-state index contributed by atoms with van der Waals surface area (Å²) in [5.74, 6) is 0. The lowest BCUT2D eigenvalue weighted by molar-refractivity contribution is 0.0256. The zero-order chi connectivity index (χ0) is 16.4. The summed E-state index contributed by atoms with van der Waals surface area (Å²) in [6, 6.07) is 1.21. The molecule has 0 radical (unpaired) electrons. The molecule has 1 saturated heterocycles. The number of ether oxygens (including phenoxy) is 1. The molecule has 0 spiro atoms. The molecule has 0 aromatic rings. The lowest BCUT2D eigenvalue weighted by Crippen LogP contribution is -2.40. The smallest absolute Gasteiger partial charge is 0.410 e. The summed E-state index contributed by atoms with van der Waals surface area (Å²) in [5.41, 5.74) is 0.0847. The van der Waals surface area contributed by atoms with Crippen molar-refractivity contribution >= 4 is 6.09 Å². The lowest BCUT2D eigenvalue weighted by Gasteiger charge is -2.26. The number of carbonyl (C=O) groups excluding carboxylic acids is 1. The third-order valence-corrected chi connectivity index (χ3v) is 4.82. The van der Waals surface area contributed by atoms with Crippen molar-refractivity contribution in [3.63, 3.8) is 0 Å². The minimum Gasteiger partial charge on any atom is -0.444 e. The molecular weight excluding hydrogens is 276 g/mol. The van der Waals surface area contributed by atoms with Crippen molar-refractivity contribution in [3.8, 4) is 0 Å². The average Bonchev–Trinajstić information content (AvgIpc) is 2.58. The minimum absolute atomic E-state index is 0.157. The molecule has 4 nitrogen and oxygen atoms in total. The van der Waals surface area contributed by atoms with Gasteiger partial charge < -0.3 is 15.0 Å². The van der Waals surface area contributed by atoms with Gasteiger partial charge in [-0.05, 0) is 64.7 Å². The van der Waals surface area contributed by atoms with Gasteiger partial charge in [0.1, 0.15) is 5.60 Å². The van der Waals surface area contributed by atoms with E-state index >= 15 is 0 Å². The Morgan fingerprint density at radius 1 is 1.14 bits per heavy atom. The summed E-state index contributed by atoms with van der Waals surface area (Å²) in [6.07, 6.45) is 6.99. The van der Waals surface area contributed by atoms with E-state index < -0.39 is 5.60 Å². The monoisotopic (exact) mass is 310 g/mol. The highest BCUT2D eigenvalue weighted by Crippen LogP contribution is 2.37. The Morgan fingerprint density at radius 3 is 2.45 bits per heavy atom. The Morgan fingerprint density at radius 2 is 1.86 bits per heavy atom. The van der Waals surface area contributed by atoms with E-state index in [9.17, 15) is 4.79 Å². The molecule has 0 bridgehead atoms. The summed E-state index contributed by atoms with van der Waals surface area (Å²) < 4.78 is 5.50. The average molecular weight is 310 g/mol. The van der Waals surface area contributed by atoms with E-state index in [0.29, 0.717) is 17.5 Å². The zero-order valence-corrected chi connectivity index (χ0v) is 15.1. The van der Waals surface area contributed by atoms with Crippen LogP contribution >= 0.6 is 0 Å². The second-order valence-electron chi connectivity index (χ2n) is 8.87. The van der Waals surface area contributed by atoms with Gasteiger partial charge in [0.2, 0.25) is 0 Å². The number of hydrogen-bond donors (Lipinski definition) is 1. The van der Waals surface area contributed by atoms with Crippen molar-refractivity contribution in [3.05, 3.63) is 0 Å². The summed E-state index contributed by atoms with van der Waals surface area (Å²) in [7, 11) is 0. The largest absolute Gasteiger partial charge is 0.444 e. The minimum atomic E-state index is -0.406. The van der Waals surface area contributed by atoms with E-state index in [1.807, 2.05) is 25.7 Å². The molecule has 0 aromatic heterocycles. The van der Waals surface area contributed by atoms with Crippen molar-refractivity contribution in [2.75, 3.05) is 13.1 Å². The van der Waals surface area contributed by atoms with Gasteiger partial charge in [0.05, 0.1) is 0 Å². The van der Waals surface area contributed by atoms with Crippen LogP contribution in [0.5, 0.6) is 0 Å². The van der Waals surface area contributed by atoms with Crippen LogP contribution in [-0.2, 0) is 4.74 Å². The van der Waals surface area contributed by atoms with Gasteiger partial charge in [0.25, 0.3) is 0 Å². The molecular formula is C18H34N2O2. The number of likely N-dealkylation sites (tertiary alicyclic amines) is 1. The lowest BCUT2D eigenvalue weighted by atomic mass is 9.91. The van der Waals surface area contributed by atoms with Crippen molar-refractivity contribution in [2.45, 2.75) is 90.8 Å². The normalized spacial score (nSPS) is 29.2. The van der Waals surface area contributed by atoms with Gasteiger partial charge in [-0.15, -0.1) is 0 Å². The van der Waals surface area contributed by atoms with Crippen molar-refractivity contribution in [2.24, 2.45) is 5.41 Å². The molecule has 0 aromatic carbocycles. The summed E-state index contributed by atoms with van der Waals surface area (Å²) in [5, 5.41) is 3.84. The van der Waals surface area contributed by atoms with Crippen LogP contribution in [0.2, 0.25) is 0 Å². The Labute approximate surface area is 136 Å².